The molecule has 0 aliphatic carbocycles. The SMILES string of the molecule is CC(C)[C@H](NC(=O)OCc1ccccc1)C(=O)Oc1ccc(Cl)cc1C(=O)Nc1ccc(C(F)(F)F)cc1. The summed E-state index contributed by atoms with van der Waals surface area (Å²) < 4.78 is 49.0. The molecule has 38 heavy (non-hydrogen) atoms. The molecular weight excluding hydrogens is 525 g/mol. The van der Waals surface area contributed by atoms with Gasteiger partial charge in [-0.3, -0.25) is 4.79 Å². The Morgan fingerprint density at radius 3 is 2.21 bits per heavy atom. The van der Waals surface area contributed by atoms with Gasteiger partial charge in [-0.05, 0) is 53.9 Å². The van der Waals surface area contributed by atoms with E-state index in [9.17, 15) is 27.6 Å². The molecule has 11 heteroatoms. The molecule has 0 aliphatic heterocycles. The van der Waals surface area contributed by atoms with Gasteiger partial charge < -0.3 is 20.1 Å². The Hall–Kier alpha value is -4.05. The largest absolute Gasteiger partial charge is 0.445 e. The number of hydrogen-bond donors (Lipinski definition) is 2. The zero-order valence-corrected chi connectivity index (χ0v) is 21.1. The summed E-state index contributed by atoms with van der Waals surface area (Å²) >= 11 is 6.02. The number of alkyl carbamates (subject to hydrolysis) is 1. The maximum absolute atomic E-state index is 12.9. The molecular formula is C27H24ClF3N2O5. The van der Waals surface area contributed by atoms with E-state index in [2.05, 4.69) is 10.6 Å². The van der Waals surface area contributed by atoms with Crippen molar-refractivity contribution in [1.29, 1.82) is 0 Å². The number of alkyl halides is 3. The van der Waals surface area contributed by atoms with Crippen molar-refractivity contribution >= 4 is 35.3 Å². The van der Waals surface area contributed by atoms with E-state index in [-0.39, 0.29) is 28.6 Å². The molecule has 0 radical (unpaired) electrons. The van der Waals surface area contributed by atoms with Crippen LogP contribution in [0.15, 0.2) is 72.8 Å². The first-order chi connectivity index (χ1) is 17.9. The van der Waals surface area contributed by atoms with Crippen LogP contribution in [0.5, 0.6) is 5.75 Å². The van der Waals surface area contributed by atoms with Crippen LogP contribution in [0.25, 0.3) is 0 Å². The van der Waals surface area contributed by atoms with Gasteiger partial charge in [0.15, 0.2) is 0 Å². The van der Waals surface area contributed by atoms with Gasteiger partial charge in [0.05, 0.1) is 11.1 Å². The first kappa shape index (κ1) is 28.5. The fraction of sp³-hybridized carbons (Fsp3) is 0.222. The number of rotatable bonds is 8. The number of ether oxygens (including phenoxy) is 2. The summed E-state index contributed by atoms with van der Waals surface area (Å²) in [5.74, 6) is -2.19. The number of esters is 1. The normalized spacial score (nSPS) is 12.0. The van der Waals surface area contributed by atoms with Gasteiger partial charge in [-0.2, -0.15) is 13.2 Å². The lowest BCUT2D eigenvalue weighted by atomic mass is 10.0. The fourth-order valence-corrected chi connectivity index (χ4v) is 3.44. The predicted octanol–water partition coefficient (Wildman–Crippen LogP) is 6.47. The summed E-state index contributed by atoms with van der Waals surface area (Å²) in [7, 11) is 0. The molecule has 0 saturated heterocycles. The zero-order valence-electron chi connectivity index (χ0n) is 20.3. The van der Waals surface area contributed by atoms with Crippen molar-refractivity contribution in [3.05, 3.63) is 94.5 Å². The standard InChI is InChI=1S/C27H24ClF3N2O5/c1-16(2)23(33-26(36)37-15-17-6-4-3-5-7-17)25(35)38-22-13-10-19(28)14-21(22)24(34)32-20-11-8-18(9-12-20)27(29,30)31/h3-14,16,23H,15H2,1-2H3,(H,32,34)(H,33,36)/t23-/m0/s1. The lowest BCUT2D eigenvalue weighted by Gasteiger charge is -2.21. The highest BCUT2D eigenvalue weighted by Gasteiger charge is 2.30. The van der Waals surface area contributed by atoms with Crippen molar-refractivity contribution in [1.82, 2.24) is 5.32 Å². The van der Waals surface area contributed by atoms with Crippen LogP contribution in [-0.4, -0.2) is 24.0 Å². The number of carbonyl (C=O) groups is 3. The van der Waals surface area contributed by atoms with Crippen LogP contribution in [0.1, 0.15) is 35.3 Å². The highest BCUT2D eigenvalue weighted by molar-refractivity contribution is 6.31. The maximum atomic E-state index is 12.9. The number of carbonyl (C=O) groups excluding carboxylic acids is 3. The Kier molecular flexibility index (Phi) is 9.35. The van der Waals surface area contributed by atoms with E-state index in [1.807, 2.05) is 6.07 Å². The molecule has 3 aromatic carbocycles. The van der Waals surface area contributed by atoms with Crippen LogP contribution in [0.3, 0.4) is 0 Å². The highest BCUT2D eigenvalue weighted by atomic mass is 35.5. The minimum absolute atomic E-state index is 0.00199. The number of nitrogens with one attached hydrogen (secondary N) is 2. The monoisotopic (exact) mass is 548 g/mol. The molecule has 3 aromatic rings. The van der Waals surface area contributed by atoms with E-state index >= 15 is 0 Å². The lowest BCUT2D eigenvalue weighted by Crippen LogP contribution is -2.46. The predicted molar refractivity (Wildman–Crippen MR) is 135 cm³/mol. The molecule has 0 saturated carbocycles. The highest BCUT2D eigenvalue weighted by Crippen LogP contribution is 2.30. The molecule has 0 aliphatic rings. The first-order valence-corrected chi connectivity index (χ1v) is 11.8. The summed E-state index contributed by atoms with van der Waals surface area (Å²) in [5, 5.41) is 5.08. The van der Waals surface area contributed by atoms with Crippen LogP contribution >= 0.6 is 11.6 Å². The molecule has 200 valence electrons. The summed E-state index contributed by atoms with van der Waals surface area (Å²) in [5.41, 5.74) is -0.165. The van der Waals surface area contributed by atoms with Crippen molar-refractivity contribution in [3.8, 4) is 5.75 Å². The summed E-state index contributed by atoms with van der Waals surface area (Å²) in [4.78, 5) is 38.1. The Labute approximate surface area is 221 Å². The van der Waals surface area contributed by atoms with E-state index in [0.29, 0.717) is 0 Å². The molecule has 0 heterocycles. The number of hydrogen-bond acceptors (Lipinski definition) is 5. The van der Waals surface area contributed by atoms with Crippen molar-refractivity contribution in [2.24, 2.45) is 5.92 Å². The fourth-order valence-electron chi connectivity index (χ4n) is 3.27. The first-order valence-electron chi connectivity index (χ1n) is 11.4. The summed E-state index contributed by atoms with van der Waals surface area (Å²) in [6.07, 6.45) is -5.35. The van der Waals surface area contributed by atoms with Crippen molar-refractivity contribution < 1.29 is 37.0 Å². The van der Waals surface area contributed by atoms with E-state index in [1.165, 1.54) is 18.2 Å². The second-order valence-electron chi connectivity index (χ2n) is 8.52. The molecule has 0 bridgehead atoms. The van der Waals surface area contributed by atoms with E-state index < -0.39 is 41.7 Å². The van der Waals surface area contributed by atoms with Gasteiger partial charge >= 0.3 is 18.2 Å². The van der Waals surface area contributed by atoms with Gasteiger partial charge in [0.25, 0.3) is 5.91 Å². The zero-order chi connectivity index (χ0) is 27.9. The van der Waals surface area contributed by atoms with Gasteiger partial charge in [-0.15, -0.1) is 0 Å². The second kappa shape index (κ2) is 12.5. The Balaban J connectivity index is 1.70. The van der Waals surface area contributed by atoms with Crippen LogP contribution in [0, 0.1) is 5.92 Å². The van der Waals surface area contributed by atoms with Crippen LogP contribution < -0.4 is 15.4 Å². The van der Waals surface area contributed by atoms with E-state index in [4.69, 9.17) is 21.1 Å². The Bertz CT molecular complexity index is 1280. The second-order valence-corrected chi connectivity index (χ2v) is 8.96. The van der Waals surface area contributed by atoms with Gasteiger partial charge in [-0.1, -0.05) is 55.8 Å². The van der Waals surface area contributed by atoms with Crippen molar-refractivity contribution in [2.75, 3.05) is 5.32 Å². The van der Waals surface area contributed by atoms with E-state index in [1.54, 1.807) is 38.1 Å². The molecule has 2 N–H and O–H groups in total. The third kappa shape index (κ3) is 7.97. The molecule has 3 rings (SSSR count). The number of halogens is 4. The quantitative estimate of drug-likeness (QED) is 0.249. The van der Waals surface area contributed by atoms with Gasteiger partial charge in [0.1, 0.15) is 18.4 Å². The maximum Gasteiger partial charge on any atom is 0.416 e. The summed E-state index contributed by atoms with van der Waals surface area (Å²) in [6.45, 7) is 3.37. The molecule has 2 amide bonds. The third-order valence-electron chi connectivity index (χ3n) is 5.27. The average molecular weight is 549 g/mol. The van der Waals surface area contributed by atoms with Gasteiger partial charge in [0.2, 0.25) is 0 Å². The third-order valence-corrected chi connectivity index (χ3v) is 5.51. The minimum atomic E-state index is -4.52. The number of anilines is 1. The van der Waals surface area contributed by atoms with Crippen LogP contribution in [0.4, 0.5) is 23.7 Å². The molecule has 0 spiro atoms. The smallest absolute Gasteiger partial charge is 0.416 e. The topological polar surface area (TPSA) is 93.7 Å². The Morgan fingerprint density at radius 2 is 1.61 bits per heavy atom. The molecule has 0 unspecified atom stereocenters. The molecule has 0 aromatic heterocycles. The van der Waals surface area contributed by atoms with E-state index in [0.717, 1.165) is 29.8 Å². The minimum Gasteiger partial charge on any atom is -0.445 e. The van der Waals surface area contributed by atoms with Crippen molar-refractivity contribution in [2.45, 2.75) is 32.7 Å². The Morgan fingerprint density at radius 1 is 0.947 bits per heavy atom. The molecule has 1 atom stereocenters. The molecule has 0 fully saturated rings. The number of amides is 2. The van der Waals surface area contributed by atoms with Crippen LogP contribution in [0.2, 0.25) is 5.02 Å². The summed E-state index contributed by atoms with van der Waals surface area (Å²) in [6, 6.07) is 15.6. The lowest BCUT2D eigenvalue weighted by molar-refractivity contribution is -0.138. The number of benzene rings is 3. The van der Waals surface area contributed by atoms with Gasteiger partial charge in [0, 0.05) is 10.7 Å². The average Bonchev–Trinajstić information content (AvgIpc) is 2.87. The molecule has 7 nitrogen and oxygen atoms in total. The van der Waals surface area contributed by atoms with Crippen molar-refractivity contribution in [3.63, 3.8) is 0 Å². The van der Waals surface area contributed by atoms with Crippen LogP contribution in [-0.2, 0) is 22.3 Å². The van der Waals surface area contributed by atoms with Gasteiger partial charge in [-0.25, -0.2) is 9.59 Å².